The van der Waals surface area contributed by atoms with E-state index < -0.39 is 5.60 Å². The van der Waals surface area contributed by atoms with Gasteiger partial charge in [0, 0.05) is 20.0 Å². The highest BCUT2D eigenvalue weighted by molar-refractivity contribution is 5.94. The maximum Gasteiger partial charge on any atom is 0.269 e. The number of nitrogens with zero attached hydrogens (tertiary/aromatic N) is 2. The third-order valence-corrected chi connectivity index (χ3v) is 3.66. The molecule has 0 spiro atoms. The van der Waals surface area contributed by atoms with Gasteiger partial charge in [-0.05, 0) is 31.5 Å². The van der Waals surface area contributed by atoms with Gasteiger partial charge in [-0.2, -0.15) is 0 Å². The summed E-state index contributed by atoms with van der Waals surface area (Å²) < 4.78 is 10.5. The lowest BCUT2D eigenvalue weighted by molar-refractivity contribution is -0.152. The number of hydrogen-bond donors (Lipinski definition) is 0. The van der Waals surface area contributed by atoms with Gasteiger partial charge in [-0.3, -0.25) is 4.79 Å². The third-order valence-electron chi connectivity index (χ3n) is 3.66. The Hall–Kier alpha value is -2.24. The number of methoxy groups -OCH3 is 2. The lowest BCUT2D eigenvalue weighted by Crippen LogP contribution is -2.45. The molecule has 0 saturated carbocycles. The fraction of sp³-hybridized carbons (Fsp3) is 0.500. The first-order chi connectivity index (χ1) is 10.4. The minimum Gasteiger partial charge on any atom is -0.493 e. The van der Waals surface area contributed by atoms with Crippen molar-refractivity contribution < 1.29 is 19.1 Å². The number of amides is 1. The number of carbonyl (C=O) groups excluding carboxylic acids is 1. The molecule has 0 fully saturated rings. The predicted molar refractivity (Wildman–Crippen MR) is 83.2 cm³/mol. The number of oxime groups is 1. The van der Waals surface area contributed by atoms with Crippen molar-refractivity contribution in [2.45, 2.75) is 32.4 Å². The highest BCUT2D eigenvalue weighted by Gasteiger charge is 2.42. The van der Waals surface area contributed by atoms with Crippen LogP contribution in [0, 0.1) is 0 Å². The summed E-state index contributed by atoms with van der Waals surface area (Å²) in [5.41, 5.74) is 0.873. The molecule has 0 N–H and O–H groups in total. The molecule has 1 aliphatic rings. The first kappa shape index (κ1) is 16.1. The van der Waals surface area contributed by atoms with Gasteiger partial charge in [0.2, 0.25) is 5.60 Å². The Labute approximate surface area is 130 Å². The van der Waals surface area contributed by atoms with E-state index in [4.69, 9.17) is 14.3 Å². The van der Waals surface area contributed by atoms with E-state index in [9.17, 15) is 4.79 Å². The maximum atomic E-state index is 12.6. The largest absolute Gasteiger partial charge is 0.493 e. The molecule has 22 heavy (non-hydrogen) atoms. The second-order valence-corrected chi connectivity index (χ2v) is 5.68. The predicted octanol–water partition coefficient (Wildman–Crippen LogP) is 2.22. The van der Waals surface area contributed by atoms with Gasteiger partial charge in [0.25, 0.3) is 5.91 Å². The van der Waals surface area contributed by atoms with Crippen LogP contribution in [0.15, 0.2) is 23.4 Å². The van der Waals surface area contributed by atoms with E-state index >= 15 is 0 Å². The molecule has 1 aromatic rings. The summed E-state index contributed by atoms with van der Waals surface area (Å²) in [6.07, 6.45) is 0.516. The van der Waals surface area contributed by atoms with E-state index in [2.05, 4.69) is 5.16 Å². The molecule has 1 amide bonds. The molecule has 0 aliphatic carbocycles. The van der Waals surface area contributed by atoms with Crippen LogP contribution in [0.5, 0.6) is 11.5 Å². The van der Waals surface area contributed by atoms with E-state index in [-0.39, 0.29) is 5.91 Å². The van der Waals surface area contributed by atoms with E-state index in [1.807, 2.05) is 25.1 Å². The molecule has 0 bridgehead atoms. The van der Waals surface area contributed by atoms with Gasteiger partial charge in [0.1, 0.15) is 0 Å². The van der Waals surface area contributed by atoms with Gasteiger partial charge in [-0.25, -0.2) is 0 Å². The zero-order valence-electron chi connectivity index (χ0n) is 13.7. The lowest BCUT2D eigenvalue weighted by atomic mass is 9.98. The van der Waals surface area contributed by atoms with Gasteiger partial charge >= 0.3 is 0 Å². The SMILES string of the molecule is COc1ccc(CN(C)C(=O)[C@@]2(C)CC(C)=NO2)cc1OC. The van der Waals surface area contributed by atoms with Crippen molar-refractivity contribution in [2.75, 3.05) is 21.3 Å². The Kier molecular flexibility index (Phi) is 4.59. The number of rotatable bonds is 5. The van der Waals surface area contributed by atoms with Crippen LogP contribution in [0.2, 0.25) is 0 Å². The first-order valence-electron chi connectivity index (χ1n) is 7.07. The normalized spacial score (nSPS) is 20.1. The molecule has 1 aliphatic heterocycles. The summed E-state index contributed by atoms with van der Waals surface area (Å²) in [6, 6.07) is 5.60. The average Bonchev–Trinajstić information content (AvgIpc) is 2.86. The molecule has 0 radical (unpaired) electrons. The molecule has 0 saturated heterocycles. The Morgan fingerprint density at radius 3 is 2.59 bits per heavy atom. The van der Waals surface area contributed by atoms with Crippen molar-refractivity contribution in [3.8, 4) is 11.5 Å². The molecule has 1 heterocycles. The summed E-state index contributed by atoms with van der Waals surface area (Å²) in [6.45, 7) is 4.07. The Bertz CT molecular complexity index is 600. The number of ether oxygens (including phenoxy) is 2. The van der Waals surface area contributed by atoms with Crippen molar-refractivity contribution in [3.05, 3.63) is 23.8 Å². The Morgan fingerprint density at radius 2 is 2.05 bits per heavy atom. The molecular formula is C16H22N2O4. The van der Waals surface area contributed by atoms with Crippen LogP contribution < -0.4 is 9.47 Å². The van der Waals surface area contributed by atoms with E-state index in [1.54, 1.807) is 33.1 Å². The number of carbonyl (C=O) groups is 1. The van der Waals surface area contributed by atoms with Gasteiger partial charge < -0.3 is 19.2 Å². The van der Waals surface area contributed by atoms with Gasteiger partial charge in [-0.15, -0.1) is 0 Å². The fourth-order valence-corrected chi connectivity index (χ4v) is 2.57. The highest BCUT2D eigenvalue weighted by Crippen LogP contribution is 2.29. The molecule has 1 atom stereocenters. The minimum atomic E-state index is -0.907. The van der Waals surface area contributed by atoms with Crippen LogP contribution in [0.25, 0.3) is 0 Å². The number of hydrogen-bond acceptors (Lipinski definition) is 5. The van der Waals surface area contributed by atoms with Crippen LogP contribution >= 0.6 is 0 Å². The van der Waals surface area contributed by atoms with Crippen molar-refractivity contribution in [1.82, 2.24) is 4.90 Å². The smallest absolute Gasteiger partial charge is 0.269 e. The van der Waals surface area contributed by atoms with E-state index in [0.29, 0.717) is 24.5 Å². The molecular weight excluding hydrogens is 284 g/mol. The molecule has 0 unspecified atom stereocenters. The molecule has 6 heteroatoms. The minimum absolute atomic E-state index is 0.0946. The van der Waals surface area contributed by atoms with Gasteiger partial charge in [-0.1, -0.05) is 11.2 Å². The van der Waals surface area contributed by atoms with Crippen LogP contribution in [0.1, 0.15) is 25.8 Å². The highest BCUT2D eigenvalue weighted by atomic mass is 16.7. The van der Waals surface area contributed by atoms with Crippen molar-refractivity contribution in [1.29, 1.82) is 0 Å². The molecule has 0 aromatic heterocycles. The monoisotopic (exact) mass is 306 g/mol. The molecule has 120 valence electrons. The quantitative estimate of drug-likeness (QED) is 0.837. The summed E-state index contributed by atoms with van der Waals surface area (Å²) in [5.74, 6) is 1.21. The average molecular weight is 306 g/mol. The van der Waals surface area contributed by atoms with Gasteiger partial charge in [0.15, 0.2) is 11.5 Å². The summed E-state index contributed by atoms with van der Waals surface area (Å²) in [4.78, 5) is 19.5. The second-order valence-electron chi connectivity index (χ2n) is 5.68. The molecule has 2 rings (SSSR count). The van der Waals surface area contributed by atoms with Crippen LogP contribution in [-0.2, 0) is 16.2 Å². The third kappa shape index (κ3) is 3.16. The van der Waals surface area contributed by atoms with E-state index in [0.717, 1.165) is 11.3 Å². The zero-order chi connectivity index (χ0) is 16.3. The Morgan fingerprint density at radius 1 is 1.36 bits per heavy atom. The molecule has 6 nitrogen and oxygen atoms in total. The van der Waals surface area contributed by atoms with Crippen molar-refractivity contribution in [2.24, 2.45) is 5.16 Å². The maximum absolute atomic E-state index is 12.6. The fourth-order valence-electron chi connectivity index (χ4n) is 2.57. The summed E-state index contributed by atoms with van der Waals surface area (Å²) >= 11 is 0. The van der Waals surface area contributed by atoms with Crippen LogP contribution in [0.4, 0.5) is 0 Å². The summed E-state index contributed by atoms with van der Waals surface area (Å²) in [5, 5.41) is 3.88. The van der Waals surface area contributed by atoms with Crippen LogP contribution in [0.3, 0.4) is 0 Å². The lowest BCUT2D eigenvalue weighted by Gasteiger charge is -2.27. The zero-order valence-corrected chi connectivity index (χ0v) is 13.7. The Balaban J connectivity index is 2.09. The van der Waals surface area contributed by atoms with Crippen LogP contribution in [-0.4, -0.2) is 43.4 Å². The van der Waals surface area contributed by atoms with Gasteiger partial charge in [0.05, 0.1) is 19.9 Å². The standard InChI is InChI=1S/C16H22N2O4/c1-11-9-16(2,22-17-11)15(19)18(3)10-12-6-7-13(20-4)14(8-12)21-5/h6-8H,9-10H2,1-5H3/t16-/m1/s1. The van der Waals surface area contributed by atoms with E-state index in [1.165, 1.54) is 0 Å². The summed E-state index contributed by atoms with van der Waals surface area (Å²) in [7, 11) is 4.93. The van der Waals surface area contributed by atoms with Crippen molar-refractivity contribution >= 4 is 11.6 Å². The number of likely N-dealkylation sites (N-methyl/N-ethyl adjacent to an activating group) is 1. The number of benzene rings is 1. The second kappa shape index (κ2) is 6.25. The molecule has 1 aromatic carbocycles. The van der Waals surface area contributed by atoms with Crippen molar-refractivity contribution in [3.63, 3.8) is 0 Å². The topological polar surface area (TPSA) is 60.4 Å². The first-order valence-corrected chi connectivity index (χ1v) is 7.07.